The number of nitriles is 1. The summed E-state index contributed by atoms with van der Waals surface area (Å²) < 4.78 is 11.6. The third kappa shape index (κ3) is 2.87. The predicted octanol–water partition coefficient (Wildman–Crippen LogP) is 3.12. The van der Waals surface area contributed by atoms with Crippen molar-refractivity contribution in [2.45, 2.75) is 13.8 Å². The second kappa shape index (κ2) is 5.62. The Hall–Kier alpha value is -1.21. The minimum Gasteiger partial charge on any atom is -0.490 e. The van der Waals surface area contributed by atoms with Crippen LogP contribution < -0.4 is 9.47 Å². The van der Waals surface area contributed by atoms with E-state index in [1.807, 2.05) is 13.8 Å². The number of halogens is 1. The minimum atomic E-state index is 0.481. The topological polar surface area (TPSA) is 42.2 Å². The number of rotatable bonds is 4. The van der Waals surface area contributed by atoms with Crippen LogP contribution in [0.5, 0.6) is 11.5 Å². The molecular weight excluding hydrogens is 258 g/mol. The van der Waals surface area contributed by atoms with Gasteiger partial charge < -0.3 is 9.47 Å². The van der Waals surface area contributed by atoms with E-state index < -0.39 is 0 Å². The van der Waals surface area contributed by atoms with Crippen LogP contribution >= 0.6 is 15.9 Å². The largest absolute Gasteiger partial charge is 0.490 e. The number of hydrogen-bond donors (Lipinski definition) is 0. The highest BCUT2D eigenvalue weighted by Crippen LogP contribution is 2.34. The molecule has 0 saturated carbocycles. The Morgan fingerprint density at radius 1 is 1.27 bits per heavy atom. The van der Waals surface area contributed by atoms with Gasteiger partial charge in [0, 0.05) is 4.47 Å². The first-order valence-electron chi connectivity index (χ1n) is 4.72. The van der Waals surface area contributed by atoms with Crippen LogP contribution in [0.25, 0.3) is 0 Å². The van der Waals surface area contributed by atoms with Gasteiger partial charge in [-0.2, -0.15) is 5.26 Å². The second-order valence-electron chi connectivity index (χ2n) is 2.76. The Bertz CT molecular complexity index is 385. The fraction of sp³-hybridized carbons (Fsp3) is 0.364. The van der Waals surface area contributed by atoms with Crippen molar-refractivity contribution >= 4 is 15.9 Å². The normalized spacial score (nSPS) is 9.47. The minimum absolute atomic E-state index is 0.481. The fourth-order valence-electron chi connectivity index (χ4n) is 1.21. The van der Waals surface area contributed by atoms with Crippen LogP contribution in [-0.4, -0.2) is 13.2 Å². The summed E-state index contributed by atoms with van der Waals surface area (Å²) in [6.45, 7) is 4.82. The average Bonchev–Trinajstić information content (AvgIpc) is 2.22. The molecule has 15 heavy (non-hydrogen) atoms. The molecule has 0 aliphatic carbocycles. The highest BCUT2D eigenvalue weighted by Gasteiger charge is 2.12. The van der Waals surface area contributed by atoms with Gasteiger partial charge in [-0.15, -0.1) is 0 Å². The van der Waals surface area contributed by atoms with E-state index in [0.29, 0.717) is 30.3 Å². The van der Waals surface area contributed by atoms with Gasteiger partial charge in [0.1, 0.15) is 6.07 Å². The van der Waals surface area contributed by atoms with Crippen LogP contribution in [0.3, 0.4) is 0 Å². The predicted molar refractivity (Wildman–Crippen MR) is 61.2 cm³/mol. The van der Waals surface area contributed by atoms with E-state index in [1.54, 1.807) is 12.1 Å². The summed E-state index contributed by atoms with van der Waals surface area (Å²) >= 11 is 3.32. The molecule has 4 heteroatoms. The Labute approximate surface area is 97.7 Å². The first-order chi connectivity index (χ1) is 7.22. The van der Waals surface area contributed by atoms with E-state index in [1.165, 1.54) is 0 Å². The molecular formula is C11H12BrNO2. The van der Waals surface area contributed by atoms with Gasteiger partial charge in [-0.05, 0) is 26.0 Å². The lowest BCUT2D eigenvalue weighted by molar-refractivity contribution is 0.287. The van der Waals surface area contributed by atoms with Crippen LogP contribution in [0.4, 0.5) is 0 Å². The molecule has 0 amide bonds. The lowest BCUT2D eigenvalue weighted by Gasteiger charge is -2.12. The molecule has 0 fully saturated rings. The van der Waals surface area contributed by atoms with Crippen molar-refractivity contribution < 1.29 is 9.47 Å². The van der Waals surface area contributed by atoms with Gasteiger partial charge >= 0.3 is 0 Å². The molecule has 0 aromatic heterocycles. The summed E-state index contributed by atoms with van der Waals surface area (Å²) in [6, 6.07) is 5.60. The maximum Gasteiger partial charge on any atom is 0.178 e. The van der Waals surface area contributed by atoms with Crippen molar-refractivity contribution in [1.29, 1.82) is 5.26 Å². The Kier molecular flexibility index (Phi) is 4.44. The standard InChI is InChI=1S/C11H12BrNO2/c1-3-14-10-6-9(12)5-8(7-13)11(10)15-4-2/h5-6H,3-4H2,1-2H3. The summed E-state index contributed by atoms with van der Waals surface area (Å²) in [5, 5.41) is 8.96. The van der Waals surface area contributed by atoms with E-state index in [9.17, 15) is 0 Å². The first kappa shape index (κ1) is 11.9. The van der Waals surface area contributed by atoms with E-state index in [0.717, 1.165) is 4.47 Å². The first-order valence-corrected chi connectivity index (χ1v) is 5.51. The quantitative estimate of drug-likeness (QED) is 0.844. The third-order valence-corrected chi connectivity index (χ3v) is 2.19. The lowest BCUT2D eigenvalue weighted by Crippen LogP contribution is -2.00. The highest BCUT2D eigenvalue weighted by atomic mass is 79.9. The van der Waals surface area contributed by atoms with Gasteiger partial charge in [0.15, 0.2) is 11.5 Å². The van der Waals surface area contributed by atoms with Crippen molar-refractivity contribution in [3.05, 3.63) is 22.2 Å². The van der Waals surface area contributed by atoms with Crippen LogP contribution in [0, 0.1) is 11.3 Å². The summed E-state index contributed by atoms with van der Waals surface area (Å²) in [7, 11) is 0. The molecule has 0 unspecified atom stereocenters. The third-order valence-electron chi connectivity index (χ3n) is 1.73. The van der Waals surface area contributed by atoms with Crippen molar-refractivity contribution in [2.24, 2.45) is 0 Å². The van der Waals surface area contributed by atoms with Gasteiger partial charge in [0.2, 0.25) is 0 Å². The molecule has 0 heterocycles. The Morgan fingerprint density at radius 3 is 2.47 bits per heavy atom. The SMILES string of the molecule is CCOc1cc(Br)cc(C#N)c1OCC. The van der Waals surface area contributed by atoms with Gasteiger partial charge in [-0.1, -0.05) is 15.9 Å². The van der Waals surface area contributed by atoms with Gasteiger partial charge in [0.25, 0.3) is 0 Å². The number of benzene rings is 1. The molecule has 80 valence electrons. The summed E-state index contributed by atoms with van der Waals surface area (Å²) in [6.07, 6.45) is 0. The molecule has 0 aliphatic rings. The van der Waals surface area contributed by atoms with Gasteiger partial charge in [-0.25, -0.2) is 0 Å². The Balaban J connectivity index is 3.21. The molecule has 0 saturated heterocycles. The smallest absolute Gasteiger partial charge is 0.178 e. The molecule has 0 aliphatic heterocycles. The average molecular weight is 270 g/mol. The number of nitrogens with zero attached hydrogens (tertiary/aromatic N) is 1. The van der Waals surface area contributed by atoms with Crippen LogP contribution in [0.2, 0.25) is 0 Å². The summed E-state index contributed by atoms with van der Waals surface area (Å²) in [5.41, 5.74) is 0.481. The van der Waals surface area contributed by atoms with Crippen molar-refractivity contribution in [1.82, 2.24) is 0 Å². The van der Waals surface area contributed by atoms with Crippen molar-refractivity contribution in [3.8, 4) is 17.6 Å². The van der Waals surface area contributed by atoms with E-state index in [-0.39, 0.29) is 0 Å². The molecule has 1 rings (SSSR count). The lowest BCUT2D eigenvalue weighted by atomic mass is 10.2. The fourth-order valence-corrected chi connectivity index (χ4v) is 1.64. The van der Waals surface area contributed by atoms with Crippen LogP contribution in [0.1, 0.15) is 19.4 Å². The molecule has 0 bridgehead atoms. The molecule has 0 N–H and O–H groups in total. The summed E-state index contributed by atoms with van der Waals surface area (Å²) in [4.78, 5) is 0. The Morgan fingerprint density at radius 2 is 1.93 bits per heavy atom. The molecule has 0 spiro atoms. The van der Waals surface area contributed by atoms with E-state index >= 15 is 0 Å². The highest BCUT2D eigenvalue weighted by molar-refractivity contribution is 9.10. The molecule has 1 aromatic rings. The van der Waals surface area contributed by atoms with Crippen molar-refractivity contribution in [2.75, 3.05) is 13.2 Å². The molecule has 0 radical (unpaired) electrons. The molecule has 3 nitrogen and oxygen atoms in total. The maximum atomic E-state index is 8.96. The number of hydrogen-bond acceptors (Lipinski definition) is 3. The monoisotopic (exact) mass is 269 g/mol. The van der Waals surface area contributed by atoms with E-state index in [4.69, 9.17) is 14.7 Å². The zero-order valence-electron chi connectivity index (χ0n) is 8.71. The van der Waals surface area contributed by atoms with Crippen LogP contribution in [-0.2, 0) is 0 Å². The molecule has 1 aromatic carbocycles. The maximum absolute atomic E-state index is 8.96. The number of ether oxygens (including phenoxy) is 2. The zero-order valence-corrected chi connectivity index (χ0v) is 10.3. The summed E-state index contributed by atoms with van der Waals surface area (Å²) in [5.74, 6) is 1.12. The molecule has 0 atom stereocenters. The van der Waals surface area contributed by atoms with Crippen molar-refractivity contribution in [3.63, 3.8) is 0 Å². The van der Waals surface area contributed by atoms with Crippen LogP contribution in [0.15, 0.2) is 16.6 Å². The zero-order chi connectivity index (χ0) is 11.3. The van der Waals surface area contributed by atoms with Gasteiger partial charge in [0.05, 0.1) is 18.8 Å². The second-order valence-corrected chi connectivity index (χ2v) is 3.67. The van der Waals surface area contributed by atoms with E-state index in [2.05, 4.69) is 22.0 Å². The van der Waals surface area contributed by atoms with Gasteiger partial charge in [-0.3, -0.25) is 0 Å².